The Balaban J connectivity index is 2.14. The number of fused-ring (bicyclic) bond motifs is 1. The molecule has 0 aromatic heterocycles. The second-order valence-electron chi connectivity index (χ2n) is 5.59. The van der Waals surface area contributed by atoms with Gasteiger partial charge in [-0.3, -0.25) is 0 Å². The maximum Gasteiger partial charge on any atom is 0.586 e. The van der Waals surface area contributed by atoms with E-state index in [4.69, 9.17) is 0 Å². The maximum atomic E-state index is 12.9. The SMILES string of the molecule is C[C@@H](N[S@@](=O)C(C)(C)C)c1ccc2c(c1)OC(F)(F)O2. The number of hydrogen-bond donors (Lipinski definition) is 1. The molecule has 2 atom stereocenters. The summed E-state index contributed by atoms with van der Waals surface area (Å²) in [6, 6.07) is 4.26. The molecular weight excluding hydrogens is 288 g/mol. The molecule has 1 heterocycles. The van der Waals surface area contributed by atoms with Crippen LogP contribution in [0.2, 0.25) is 0 Å². The van der Waals surface area contributed by atoms with Crippen LogP contribution in [-0.4, -0.2) is 15.3 Å². The van der Waals surface area contributed by atoms with Crippen LogP contribution in [0.25, 0.3) is 0 Å². The first kappa shape index (κ1) is 15.2. The molecule has 0 amide bonds. The van der Waals surface area contributed by atoms with Crippen LogP contribution < -0.4 is 14.2 Å². The van der Waals surface area contributed by atoms with E-state index in [1.807, 2.05) is 20.8 Å². The highest BCUT2D eigenvalue weighted by atomic mass is 32.2. The van der Waals surface area contributed by atoms with E-state index in [9.17, 15) is 13.0 Å². The molecule has 2 rings (SSSR count). The molecule has 0 aliphatic carbocycles. The Morgan fingerprint density at radius 1 is 1.25 bits per heavy atom. The van der Waals surface area contributed by atoms with Crippen molar-refractivity contribution in [2.75, 3.05) is 0 Å². The summed E-state index contributed by atoms with van der Waals surface area (Å²) in [6.07, 6.45) is -3.62. The molecule has 1 aromatic rings. The Morgan fingerprint density at radius 3 is 2.45 bits per heavy atom. The van der Waals surface area contributed by atoms with Gasteiger partial charge in [-0.2, -0.15) is 0 Å². The molecule has 112 valence electrons. The fourth-order valence-corrected chi connectivity index (χ4v) is 2.45. The zero-order valence-corrected chi connectivity index (χ0v) is 12.5. The topological polar surface area (TPSA) is 47.6 Å². The average Bonchev–Trinajstić information content (AvgIpc) is 2.60. The Kier molecular flexibility index (Phi) is 3.77. The molecule has 1 aromatic carbocycles. The van der Waals surface area contributed by atoms with Crippen LogP contribution in [0.3, 0.4) is 0 Å². The fraction of sp³-hybridized carbons (Fsp3) is 0.538. The van der Waals surface area contributed by atoms with Gasteiger partial charge in [0, 0.05) is 6.04 Å². The lowest BCUT2D eigenvalue weighted by Crippen LogP contribution is -2.34. The molecule has 0 unspecified atom stereocenters. The summed E-state index contributed by atoms with van der Waals surface area (Å²) in [7, 11) is -1.25. The minimum atomic E-state index is -3.62. The summed E-state index contributed by atoms with van der Waals surface area (Å²) in [6.45, 7) is 7.36. The third kappa shape index (κ3) is 3.27. The lowest BCUT2D eigenvalue weighted by atomic mass is 10.1. The van der Waals surface area contributed by atoms with Gasteiger partial charge < -0.3 is 9.47 Å². The van der Waals surface area contributed by atoms with Crippen molar-refractivity contribution in [1.29, 1.82) is 0 Å². The van der Waals surface area contributed by atoms with Crippen molar-refractivity contribution in [2.24, 2.45) is 0 Å². The summed E-state index contributed by atoms with van der Waals surface area (Å²) in [4.78, 5) is 0. The predicted octanol–water partition coefficient (Wildman–Crippen LogP) is 3.12. The standard InChI is InChI=1S/C13H17F2NO3S/c1-8(16-20(17)12(2,3)4)9-5-6-10-11(7-9)19-13(14,15)18-10/h5-8,16H,1-4H3/t8-,20+/m1/s1. The molecule has 0 bridgehead atoms. The zero-order chi connectivity index (χ0) is 15.1. The first-order valence-electron chi connectivity index (χ1n) is 6.16. The Labute approximate surface area is 119 Å². The molecule has 20 heavy (non-hydrogen) atoms. The third-order valence-electron chi connectivity index (χ3n) is 2.77. The van der Waals surface area contributed by atoms with Crippen LogP contribution in [0.5, 0.6) is 11.5 Å². The van der Waals surface area contributed by atoms with Crippen LogP contribution in [0, 0.1) is 0 Å². The van der Waals surface area contributed by atoms with Crippen LogP contribution in [0.15, 0.2) is 18.2 Å². The molecule has 7 heteroatoms. The molecule has 0 saturated carbocycles. The summed E-state index contributed by atoms with van der Waals surface area (Å²) >= 11 is 0. The molecule has 0 fully saturated rings. The van der Waals surface area contributed by atoms with Gasteiger partial charge >= 0.3 is 6.29 Å². The second-order valence-corrected chi connectivity index (χ2v) is 7.59. The minimum absolute atomic E-state index is 0.00268. The molecular formula is C13H17F2NO3S. The normalized spacial score (nSPS) is 19.7. The second kappa shape index (κ2) is 4.96. The van der Waals surface area contributed by atoms with Crippen molar-refractivity contribution in [2.45, 2.75) is 44.8 Å². The van der Waals surface area contributed by atoms with Gasteiger partial charge in [0.2, 0.25) is 0 Å². The monoisotopic (exact) mass is 305 g/mol. The predicted molar refractivity (Wildman–Crippen MR) is 72.1 cm³/mol. The summed E-state index contributed by atoms with van der Waals surface area (Å²) in [5.41, 5.74) is 0.697. The molecule has 0 spiro atoms. The first-order chi connectivity index (χ1) is 9.08. The van der Waals surface area contributed by atoms with Gasteiger partial charge in [0.25, 0.3) is 0 Å². The van der Waals surface area contributed by atoms with E-state index in [2.05, 4.69) is 14.2 Å². The fourth-order valence-electron chi connectivity index (χ4n) is 1.64. The lowest BCUT2D eigenvalue weighted by molar-refractivity contribution is -0.286. The van der Waals surface area contributed by atoms with E-state index >= 15 is 0 Å². The lowest BCUT2D eigenvalue weighted by Gasteiger charge is -2.22. The number of alkyl halides is 2. The molecule has 4 nitrogen and oxygen atoms in total. The highest BCUT2D eigenvalue weighted by molar-refractivity contribution is 7.84. The zero-order valence-electron chi connectivity index (χ0n) is 11.7. The van der Waals surface area contributed by atoms with Crippen LogP contribution in [0.4, 0.5) is 8.78 Å². The third-order valence-corrected chi connectivity index (χ3v) is 4.45. The maximum absolute atomic E-state index is 12.9. The molecule has 1 aliphatic rings. The van der Waals surface area contributed by atoms with Crippen LogP contribution in [-0.2, 0) is 11.0 Å². The van der Waals surface area contributed by atoms with Crippen molar-refractivity contribution < 1.29 is 22.5 Å². The van der Waals surface area contributed by atoms with Crippen molar-refractivity contribution in [1.82, 2.24) is 4.72 Å². The highest BCUT2D eigenvalue weighted by Crippen LogP contribution is 2.42. The molecule has 0 saturated heterocycles. The molecule has 1 N–H and O–H groups in total. The molecule has 0 radical (unpaired) electrons. The quantitative estimate of drug-likeness (QED) is 0.933. The number of halogens is 2. The Bertz CT molecular complexity index is 543. The molecule has 1 aliphatic heterocycles. The van der Waals surface area contributed by atoms with E-state index in [-0.39, 0.29) is 17.5 Å². The van der Waals surface area contributed by atoms with Gasteiger partial charge in [0.15, 0.2) is 11.5 Å². The largest absolute Gasteiger partial charge is 0.586 e. The van der Waals surface area contributed by atoms with E-state index in [0.717, 1.165) is 0 Å². The number of hydrogen-bond acceptors (Lipinski definition) is 3. The number of ether oxygens (including phenoxy) is 2. The van der Waals surface area contributed by atoms with E-state index in [0.29, 0.717) is 5.56 Å². The van der Waals surface area contributed by atoms with Gasteiger partial charge in [-0.15, -0.1) is 8.78 Å². The van der Waals surface area contributed by atoms with Gasteiger partial charge in [0.05, 0.1) is 15.7 Å². The highest BCUT2D eigenvalue weighted by Gasteiger charge is 2.43. The Hall–Kier alpha value is -1.21. The van der Waals surface area contributed by atoms with Crippen molar-refractivity contribution in [3.63, 3.8) is 0 Å². The summed E-state index contributed by atoms with van der Waals surface area (Å²) < 4.78 is 49.1. The van der Waals surface area contributed by atoms with Gasteiger partial charge in [-0.1, -0.05) is 6.07 Å². The van der Waals surface area contributed by atoms with Crippen LogP contribution in [0.1, 0.15) is 39.3 Å². The average molecular weight is 305 g/mol. The van der Waals surface area contributed by atoms with E-state index in [1.54, 1.807) is 13.0 Å². The van der Waals surface area contributed by atoms with Gasteiger partial charge in [-0.25, -0.2) is 8.93 Å². The van der Waals surface area contributed by atoms with Gasteiger partial charge in [0.1, 0.15) is 0 Å². The summed E-state index contributed by atoms with van der Waals surface area (Å²) in [5, 5.41) is 0. The van der Waals surface area contributed by atoms with Crippen molar-refractivity contribution in [3.8, 4) is 11.5 Å². The van der Waals surface area contributed by atoms with Gasteiger partial charge in [-0.05, 0) is 45.4 Å². The number of nitrogens with one attached hydrogen (secondary N) is 1. The van der Waals surface area contributed by atoms with Crippen LogP contribution >= 0.6 is 0 Å². The van der Waals surface area contributed by atoms with E-state index in [1.165, 1.54) is 12.1 Å². The number of benzene rings is 1. The Morgan fingerprint density at radius 2 is 1.85 bits per heavy atom. The minimum Gasteiger partial charge on any atom is -0.395 e. The number of rotatable bonds is 3. The van der Waals surface area contributed by atoms with Crippen molar-refractivity contribution in [3.05, 3.63) is 23.8 Å². The first-order valence-corrected chi connectivity index (χ1v) is 7.31. The van der Waals surface area contributed by atoms with E-state index < -0.39 is 22.0 Å². The van der Waals surface area contributed by atoms with Crippen molar-refractivity contribution >= 4 is 11.0 Å². The summed E-state index contributed by atoms with van der Waals surface area (Å²) in [5.74, 6) is -0.00872. The smallest absolute Gasteiger partial charge is 0.395 e.